The van der Waals surface area contributed by atoms with E-state index in [2.05, 4.69) is 58.8 Å². The molecule has 0 spiro atoms. The van der Waals surface area contributed by atoms with E-state index >= 15 is 0 Å². The molecule has 4 rings (SSSR count). The van der Waals surface area contributed by atoms with Gasteiger partial charge >= 0.3 is 0 Å². The summed E-state index contributed by atoms with van der Waals surface area (Å²) in [5, 5.41) is 4.71. The topological polar surface area (TPSA) is 37.8 Å². The molecule has 2 heterocycles. The van der Waals surface area contributed by atoms with Gasteiger partial charge in [-0.15, -0.1) is 11.3 Å². The lowest BCUT2D eigenvalue weighted by atomic mass is 10.0. The van der Waals surface area contributed by atoms with Gasteiger partial charge in [0.1, 0.15) is 5.01 Å². The molecule has 1 N–H and O–H groups in total. The SMILES string of the molecule is c1ccc([C@@H](NCc2nc3ccccc3s2)c2ccccn2)cc1. The zero-order valence-corrected chi connectivity index (χ0v) is 13.9. The molecule has 0 bridgehead atoms. The van der Waals surface area contributed by atoms with Gasteiger partial charge in [0.25, 0.3) is 0 Å². The average molecular weight is 331 g/mol. The Morgan fingerprint density at radius 2 is 1.67 bits per heavy atom. The fourth-order valence-corrected chi connectivity index (χ4v) is 3.69. The predicted molar refractivity (Wildman–Crippen MR) is 99.0 cm³/mol. The van der Waals surface area contributed by atoms with Gasteiger partial charge in [-0.05, 0) is 29.8 Å². The number of thiazole rings is 1. The second-order valence-electron chi connectivity index (χ2n) is 5.55. The van der Waals surface area contributed by atoms with Crippen LogP contribution >= 0.6 is 11.3 Å². The molecule has 0 aliphatic heterocycles. The summed E-state index contributed by atoms with van der Waals surface area (Å²) in [6, 6.07) is 24.8. The monoisotopic (exact) mass is 331 g/mol. The van der Waals surface area contributed by atoms with Crippen molar-refractivity contribution in [3.63, 3.8) is 0 Å². The van der Waals surface area contributed by atoms with Crippen LogP contribution in [0.15, 0.2) is 79.0 Å². The first-order valence-corrected chi connectivity index (χ1v) is 8.75. The van der Waals surface area contributed by atoms with Gasteiger partial charge in [0.15, 0.2) is 0 Å². The normalized spacial score (nSPS) is 12.3. The highest BCUT2D eigenvalue weighted by Crippen LogP contribution is 2.24. The van der Waals surface area contributed by atoms with Crippen molar-refractivity contribution < 1.29 is 0 Å². The number of rotatable bonds is 5. The third kappa shape index (κ3) is 3.20. The second kappa shape index (κ2) is 6.91. The van der Waals surface area contributed by atoms with Crippen LogP contribution in [-0.2, 0) is 6.54 Å². The minimum Gasteiger partial charge on any atom is -0.298 e. The molecule has 2 aromatic heterocycles. The second-order valence-corrected chi connectivity index (χ2v) is 6.67. The average Bonchev–Trinajstić information content (AvgIpc) is 3.07. The van der Waals surface area contributed by atoms with Gasteiger partial charge in [0.2, 0.25) is 0 Å². The lowest BCUT2D eigenvalue weighted by Crippen LogP contribution is -2.22. The number of pyridine rings is 1. The Morgan fingerprint density at radius 3 is 2.46 bits per heavy atom. The molecule has 0 aliphatic rings. The molecule has 0 fully saturated rings. The number of aromatic nitrogens is 2. The van der Waals surface area contributed by atoms with Crippen molar-refractivity contribution in [1.29, 1.82) is 0 Å². The van der Waals surface area contributed by atoms with E-state index in [1.165, 1.54) is 10.3 Å². The largest absolute Gasteiger partial charge is 0.298 e. The molecule has 1 atom stereocenters. The summed E-state index contributed by atoms with van der Waals surface area (Å²) in [6.07, 6.45) is 1.84. The lowest BCUT2D eigenvalue weighted by molar-refractivity contribution is 0.591. The molecule has 24 heavy (non-hydrogen) atoms. The molecular formula is C20H17N3S. The van der Waals surface area contributed by atoms with Crippen LogP contribution in [0.4, 0.5) is 0 Å². The Hall–Kier alpha value is -2.56. The first-order valence-electron chi connectivity index (χ1n) is 7.94. The van der Waals surface area contributed by atoms with E-state index in [4.69, 9.17) is 4.98 Å². The van der Waals surface area contributed by atoms with Crippen molar-refractivity contribution in [3.8, 4) is 0 Å². The van der Waals surface area contributed by atoms with Crippen LogP contribution in [0.3, 0.4) is 0 Å². The molecule has 3 nitrogen and oxygen atoms in total. The van der Waals surface area contributed by atoms with E-state index in [9.17, 15) is 0 Å². The first kappa shape index (κ1) is 15.0. The third-order valence-electron chi connectivity index (χ3n) is 3.91. The van der Waals surface area contributed by atoms with Crippen LogP contribution in [0.2, 0.25) is 0 Å². The summed E-state index contributed by atoms with van der Waals surface area (Å²) < 4.78 is 1.23. The van der Waals surface area contributed by atoms with Crippen molar-refractivity contribution in [3.05, 3.63) is 95.3 Å². The summed E-state index contributed by atoms with van der Waals surface area (Å²) in [7, 11) is 0. The van der Waals surface area contributed by atoms with Gasteiger partial charge in [0.05, 0.1) is 22.0 Å². The van der Waals surface area contributed by atoms with Gasteiger partial charge in [-0.1, -0.05) is 48.5 Å². The standard InChI is InChI=1S/C20H17N3S/c1-2-8-15(9-3-1)20(17-11-6-7-13-21-17)22-14-19-23-16-10-4-5-12-18(16)24-19/h1-13,20,22H,14H2/t20-/m1/s1. The highest BCUT2D eigenvalue weighted by molar-refractivity contribution is 7.18. The third-order valence-corrected chi connectivity index (χ3v) is 4.95. The van der Waals surface area contributed by atoms with Crippen LogP contribution in [0, 0.1) is 0 Å². The quantitative estimate of drug-likeness (QED) is 0.582. The minimum atomic E-state index is 0.0550. The number of nitrogens with zero attached hydrogens (tertiary/aromatic N) is 2. The molecule has 0 unspecified atom stereocenters. The van der Waals surface area contributed by atoms with E-state index in [1.807, 2.05) is 30.5 Å². The van der Waals surface area contributed by atoms with Gasteiger partial charge in [0, 0.05) is 12.7 Å². The van der Waals surface area contributed by atoms with Crippen molar-refractivity contribution in [1.82, 2.24) is 15.3 Å². The smallest absolute Gasteiger partial charge is 0.108 e. The number of hydrogen-bond acceptors (Lipinski definition) is 4. The molecule has 4 heteroatoms. The summed E-state index contributed by atoms with van der Waals surface area (Å²) in [6.45, 7) is 0.718. The van der Waals surface area contributed by atoms with Gasteiger partial charge in [-0.3, -0.25) is 10.3 Å². The fourth-order valence-electron chi connectivity index (χ4n) is 2.77. The molecule has 4 aromatic rings. The number of benzene rings is 2. The Bertz CT molecular complexity index is 847. The molecule has 0 saturated heterocycles. The van der Waals surface area contributed by atoms with Crippen molar-refractivity contribution in [2.75, 3.05) is 0 Å². The van der Waals surface area contributed by atoms with E-state index in [-0.39, 0.29) is 6.04 Å². The fraction of sp³-hybridized carbons (Fsp3) is 0.100. The van der Waals surface area contributed by atoms with Crippen LogP contribution in [-0.4, -0.2) is 9.97 Å². The predicted octanol–water partition coefficient (Wildman–Crippen LogP) is 4.57. The molecular weight excluding hydrogens is 314 g/mol. The molecule has 0 saturated carbocycles. The highest BCUT2D eigenvalue weighted by Gasteiger charge is 2.15. The summed E-state index contributed by atoms with van der Waals surface area (Å²) >= 11 is 1.74. The Kier molecular flexibility index (Phi) is 4.32. The number of nitrogens with one attached hydrogen (secondary N) is 1. The van der Waals surface area contributed by atoms with E-state index < -0.39 is 0 Å². The molecule has 0 radical (unpaired) electrons. The molecule has 118 valence electrons. The molecule has 2 aromatic carbocycles. The lowest BCUT2D eigenvalue weighted by Gasteiger charge is -2.18. The Morgan fingerprint density at radius 1 is 0.875 bits per heavy atom. The van der Waals surface area contributed by atoms with Crippen LogP contribution in [0.5, 0.6) is 0 Å². The van der Waals surface area contributed by atoms with E-state index in [1.54, 1.807) is 11.3 Å². The van der Waals surface area contributed by atoms with Crippen LogP contribution in [0.25, 0.3) is 10.2 Å². The van der Waals surface area contributed by atoms with Crippen molar-refractivity contribution in [2.24, 2.45) is 0 Å². The first-order chi connectivity index (χ1) is 11.9. The summed E-state index contributed by atoms with van der Waals surface area (Å²) in [5.74, 6) is 0. The minimum absolute atomic E-state index is 0.0550. The summed E-state index contributed by atoms with van der Waals surface area (Å²) in [4.78, 5) is 9.24. The zero-order chi connectivity index (χ0) is 16.2. The molecule has 0 aliphatic carbocycles. The van der Waals surface area contributed by atoms with Crippen LogP contribution in [0.1, 0.15) is 22.3 Å². The van der Waals surface area contributed by atoms with Crippen molar-refractivity contribution >= 4 is 21.6 Å². The van der Waals surface area contributed by atoms with E-state index in [0.29, 0.717) is 0 Å². The number of hydrogen-bond donors (Lipinski definition) is 1. The van der Waals surface area contributed by atoms with Crippen molar-refractivity contribution in [2.45, 2.75) is 12.6 Å². The van der Waals surface area contributed by atoms with Gasteiger partial charge < -0.3 is 0 Å². The Labute approximate surface area is 145 Å². The molecule has 0 amide bonds. The highest BCUT2D eigenvalue weighted by atomic mass is 32.1. The van der Waals surface area contributed by atoms with Gasteiger partial charge in [-0.25, -0.2) is 4.98 Å². The van der Waals surface area contributed by atoms with Crippen LogP contribution < -0.4 is 5.32 Å². The Balaban J connectivity index is 1.60. The number of para-hydroxylation sites is 1. The van der Waals surface area contributed by atoms with Gasteiger partial charge in [-0.2, -0.15) is 0 Å². The maximum atomic E-state index is 4.71. The number of fused-ring (bicyclic) bond motifs is 1. The maximum absolute atomic E-state index is 4.71. The maximum Gasteiger partial charge on any atom is 0.108 e. The summed E-state index contributed by atoms with van der Waals surface area (Å²) in [5.41, 5.74) is 3.29. The zero-order valence-electron chi connectivity index (χ0n) is 13.1. The van der Waals surface area contributed by atoms with E-state index in [0.717, 1.165) is 22.8 Å².